The van der Waals surface area contributed by atoms with E-state index in [0.717, 1.165) is 55.4 Å². The van der Waals surface area contributed by atoms with Gasteiger partial charge in [-0.15, -0.1) is 11.6 Å². The van der Waals surface area contributed by atoms with Gasteiger partial charge in [-0.1, -0.05) is 132 Å². The van der Waals surface area contributed by atoms with Crippen molar-refractivity contribution in [3.05, 3.63) is 24.3 Å². The minimum atomic E-state index is -0.472. The minimum absolute atomic E-state index is 0.0979. The van der Waals surface area contributed by atoms with Gasteiger partial charge in [0.2, 0.25) is 0 Å². The second-order valence-electron chi connectivity index (χ2n) is 14.5. The summed E-state index contributed by atoms with van der Waals surface area (Å²) in [6, 6.07) is 0.0979. The summed E-state index contributed by atoms with van der Waals surface area (Å²) in [5, 5.41) is 14.9. The van der Waals surface area contributed by atoms with Gasteiger partial charge in [0.15, 0.2) is 0 Å². The predicted molar refractivity (Wildman–Crippen MR) is 180 cm³/mol. The molecule has 0 heterocycles. The Bertz CT molecular complexity index is 678. The van der Waals surface area contributed by atoms with Crippen molar-refractivity contribution < 1.29 is 5.11 Å². The molecule has 0 spiro atoms. The zero-order valence-corrected chi connectivity index (χ0v) is 28.9. The molecule has 1 rings (SSSR count). The van der Waals surface area contributed by atoms with E-state index in [1.54, 1.807) is 0 Å². The lowest BCUT2D eigenvalue weighted by Crippen LogP contribution is -2.42. The Morgan fingerprint density at radius 2 is 1.60 bits per heavy atom. The first-order valence-corrected chi connectivity index (χ1v) is 17.8. The van der Waals surface area contributed by atoms with Gasteiger partial charge in [-0.05, 0) is 85.5 Å². The van der Waals surface area contributed by atoms with E-state index in [4.69, 9.17) is 11.6 Å². The smallest absolute Gasteiger partial charge is 0.105 e. The summed E-state index contributed by atoms with van der Waals surface area (Å²) in [5.74, 6) is 3.42. The van der Waals surface area contributed by atoms with Crippen molar-refractivity contribution in [3.63, 3.8) is 0 Å². The lowest BCUT2D eigenvalue weighted by Gasteiger charge is -2.41. The van der Waals surface area contributed by atoms with Crippen molar-refractivity contribution in [1.82, 2.24) is 5.32 Å². The number of alkyl halides is 1. The summed E-state index contributed by atoms with van der Waals surface area (Å²) in [5.41, 5.74) is 1.42. The van der Waals surface area contributed by atoms with Gasteiger partial charge < -0.3 is 5.11 Å². The van der Waals surface area contributed by atoms with Gasteiger partial charge in [0, 0.05) is 11.4 Å². The monoisotopic (exact) mass is 580 g/mol. The molecule has 1 saturated carbocycles. The van der Waals surface area contributed by atoms with Gasteiger partial charge in [-0.2, -0.15) is 0 Å². The van der Waals surface area contributed by atoms with Crippen LogP contribution in [0.1, 0.15) is 158 Å². The number of unbranched alkanes of at least 4 members (excludes halogenated alkanes) is 2. The van der Waals surface area contributed by atoms with Crippen LogP contribution in [0.2, 0.25) is 0 Å². The van der Waals surface area contributed by atoms with Crippen molar-refractivity contribution in [2.45, 2.75) is 176 Å². The molecule has 3 heteroatoms. The quantitative estimate of drug-likeness (QED) is 0.0578. The average Bonchev–Trinajstić information content (AvgIpc) is 2.92. The SMILES string of the molecule is C=C(/C=C/CC(C1CCC(Cl)CC1)C(C)(C)CC)[C@H](NC(O)CCC(CCC)CCCCCC(C)CC)C(C)C. The summed E-state index contributed by atoms with van der Waals surface area (Å²) in [4.78, 5) is 0. The highest BCUT2D eigenvalue weighted by atomic mass is 35.5. The number of allylic oxidation sites excluding steroid dienone is 1. The van der Waals surface area contributed by atoms with Crippen LogP contribution in [0, 0.1) is 35.0 Å². The van der Waals surface area contributed by atoms with Gasteiger partial charge in [0.25, 0.3) is 0 Å². The fourth-order valence-electron chi connectivity index (χ4n) is 6.92. The maximum Gasteiger partial charge on any atom is 0.105 e. The Morgan fingerprint density at radius 3 is 2.17 bits per heavy atom. The molecule has 2 N–H and O–H groups in total. The number of nitrogens with one attached hydrogen (secondary N) is 1. The van der Waals surface area contributed by atoms with Gasteiger partial charge in [-0.3, -0.25) is 5.32 Å². The highest BCUT2D eigenvalue weighted by Crippen LogP contribution is 2.44. The molecule has 0 bridgehead atoms. The number of aliphatic hydroxyl groups is 1. The van der Waals surface area contributed by atoms with Crippen molar-refractivity contribution in [1.29, 1.82) is 0 Å². The Kier molecular flexibility index (Phi) is 19.4. The van der Waals surface area contributed by atoms with Crippen LogP contribution in [0.25, 0.3) is 0 Å². The van der Waals surface area contributed by atoms with Gasteiger partial charge in [0.1, 0.15) is 6.23 Å². The molecule has 0 aliphatic heterocycles. The molecule has 0 aromatic rings. The van der Waals surface area contributed by atoms with Gasteiger partial charge in [0.05, 0.1) is 0 Å². The van der Waals surface area contributed by atoms with Crippen molar-refractivity contribution in [3.8, 4) is 0 Å². The average molecular weight is 580 g/mol. The molecule has 4 unspecified atom stereocenters. The first-order valence-electron chi connectivity index (χ1n) is 17.4. The lowest BCUT2D eigenvalue weighted by atomic mass is 9.65. The third-order valence-corrected chi connectivity index (χ3v) is 10.8. The molecule has 5 atom stereocenters. The molecule has 0 amide bonds. The Labute approximate surface area is 256 Å². The number of hydrogen-bond acceptors (Lipinski definition) is 2. The molecule has 0 radical (unpaired) electrons. The summed E-state index contributed by atoms with van der Waals surface area (Å²) >= 11 is 6.44. The summed E-state index contributed by atoms with van der Waals surface area (Å²) in [6.07, 6.45) is 23.8. The van der Waals surface area contributed by atoms with Gasteiger partial charge >= 0.3 is 0 Å². The number of rotatable bonds is 22. The molecule has 0 saturated heterocycles. The molecule has 40 heavy (non-hydrogen) atoms. The maximum atomic E-state index is 11.0. The maximum absolute atomic E-state index is 11.0. The summed E-state index contributed by atoms with van der Waals surface area (Å²) < 4.78 is 0. The van der Waals surface area contributed by atoms with Crippen LogP contribution >= 0.6 is 11.6 Å². The molecule has 2 nitrogen and oxygen atoms in total. The lowest BCUT2D eigenvalue weighted by molar-refractivity contribution is 0.102. The van der Waals surface area contributed by atoms with Gasteiger partial charge in [-0.25, -0.2) is 0 Å². The number of halogens is 1. The largest absolute Gasteiger partial charge is 0.379 e. The molecule has 1 aliphatic rings. The second-order valence-corrected chi connectivity index (χ2v) is 15.1. The highest BCUT2D eigenvalue weighted by molar-refractivity contribution is 6.20. The summed E-state index contributed by atoms with van der Waals surface area (Å²) in [6.45, 7) is 23.1. The van der Waals surface area contributed by atoms with Crippen LogP contribution < -0.4 is 5.32 Å². The first kappa shape index (κ1) is 37.7. The fraction of sp³-hybridized carbons (Fsp3) is 0.892. The third-order valence-electron chi connectivity index (χ3n) is 10.4. The molecule has 0 aromatic carbocycles. The molecule has 1 aliphatic carbocycles. The highest BCUT2D eigenvalue weighted by Gasteiger charge is 2.35. The molecule has 236 valence electrons. The molecule has 0 aromatic heterocycles. The Hall–Kier alpha value is -0.310. The van der Waals surface area contributed by atoms with Crippen molar-refractivity contribution in [2.24, 2.45) is 35.0 Å². The first-order chi connectivity index (χ1) is 18.9. The summed E-state index contributed by atoms with van der Waals surface area (Å²) in [7, 11) is 0. The van der Waals surface area contributed by atoms with Crippen molar-refractivity contribution >= 4 is 11.6 Å². The van der Waals surface area contributed by atoms with E-state index in [2.05, 4.69) is 79.4 Å². The van der Waals surface area contributed by atoms with E-state index in [1.165, 1.54) is 70.6 Å². The zero-order chi connectivity index (χ0) is 30.1. The van der Waals surface area contributed by atoms with E-state index in [-0.39, 0.29) is 6.04 Å². The fourth-order valence-corrected chi connectivity index (χ4v) is 7.17. The van der Waals surface area contributed by atoms with E-state index in [9.17, 15) is 5.11 Å². The zero-order valence-electron chi connectivity index (χ0n) is 28.1. The number of aliphatic hydroxyl groups excluding tert-OH is 1. The predicted octanol–water partition coefficient (Wildman–Crippen LogP) is 11.5. The van der Waals surface area contributed by atoms with Crippen LogP contribution in [-0.2, 0) is 0 Å². The number of hydrogen-bond donors (Lipinski definition) is 2. The van der Waals surface area contributed by atoms with Crippen LogP contribution in [-0.4, -0.2) is 22.8 Å². The topological polar surface area (TPSA) is 32.3 Å². The van der Waals surface area contributed by atoms with E-state index in [0.29, 0.717) is 22.6 Å². The van der Waals surface area contributed by atoms with Crippen LogP contribution in [0.4, 0.5) is 0 Å². The van der Waals surface area contributed by atoms with E-state index < -0.39 is 6.23 Å². The third kappa shape index (κ3) is 14.7. The van der Waals surface area contributed by atoms with E-state index >= 15 is 0 Å². The van der Waals surface area contributed by atoms with Crippen LogP contribution in [0.5, 0.6) is 0 Å². The standard InChI is InChI=1S/C37H70ClNO/c1-10-17-31(20-15-13-14-18-29(6)11-2)22-27-35(40)39-36(28(4)5)30(7)19-16-21-34(37(8,9)12-3)32-23-25-33(38)26-24-32/h16,19,28-29,31-36,39-40H,7,10-15,17-18,20-27H2,1-6,8-9H3/b19-16+/t29?,31?,32?,33?,34?,35?,36-/m1/s1. The molecule has 1 fully saturated rings. The molecular formula is C37H70ClNO. The van der Waals surface area contributed by atoms with Crippen LogP contribution in [0.3, 0.4) is 0 Å². The van der Waals surface area contributed by atoms with Crippen LogP contribution in [0.15, 0.2) is 24.3 Å². The van der Waals surface area contributed by atoms with Crippen molar-refractivity contribution in [2.75, 3.05) is 0 Å². The molecular weight excluding hydrogens is 510 g/mol. The Balaban J connectivity index is 2.62. The van der Waals surface area contributed by atoms with E-state index in [1.807, 2.05) is 0 Å². The normalized spacial score (nSPS) is 22.4. The second kappa shape index (κ2) is 20.6. The minimum Gasteiger partial charge on any atom is -0.379 e. The Morgan fingerprint density at radius 1 is 0.950 bits per heavy atom.